The molecule has 0 unspecified atom stereocenters. The molecule has 3 nitrogen and oxygen atoms in total. The van der Waals surface area contributed by atoms with Gasteiger partial charge in [-0.25, -0.2) is 0 Å². The fourth-order valence-corrected chi connectivity index (χ4v) is 2.46. The van der Waals surface area contributed by atoms with Gasteiger partial charge in [-0.3, -0.25) is 4.79 Å². The molecule has 0 aliphatic rings. The lowest BCUT2D eigenvalue weighted by atomic mass is 10.1. The van der Waals surface area contributed by atoms with Crippen LogP contribution in [0.25, 0.3) is 0 Å². The molecule has 1 atom stereocenters. The van der Waals surface area contributed by atoms with Gasteiger partial charge in [0.2, 0.25) is 5.91 Å². The molecule has 0 fully saturated rings. The SMILES string of the molecule is CSCC[C@H](N)C(=O)N(C)CCc1ccc(Br)cc1. The summed E-state index contributed by atoms with van der Waals surface area (Å²) in [6.07, 6.45) is 3.61. The molecule has 0 spiro atoms. The number of hydrogen-bond donors (Lipinski definition) is 1. The van der Waals surface area contributed by atoms with Crippen molar-refractivity contribution < 1.29 is 4.79 Å². The van der Waals surface area contributed by atoms with E-state index >= 15 is 0 Å². The molecule has 2 N–H and O–H groups in total. The van der Waals surface area contributed by atoms with Crippen molar-refractivity contribution in [2.24, 2.45) is 5.73 Å². The third kappa shape index (κ3) is 5.97. The Balaban J connectivity index is 2.39. The van der Waals surface area contributed by atoms with E-state index in [1.54, 1.807) is 16.7 Å². The smallest absolute Gasteiger partial charge is 0.239 e. The average Bonchev–Trinajstić information content (AvgIpc) is 2.42. The van der Waals surface area contributed by atoms with Crippen molar-refractivity contribution in [2.45, 2.75) is 18.9 Å². The monoisotopic (exact) mass is 344 g/mol. The normalized spacial score (nSPS) is 12.2. The minimum absolute atomic E-state index is 0.0335. The molecule has 1 aromatic rings. The standard InChI is InChI=1S/C14H21BrN2OS/c1-17(14(18)13(16)8-10-19-2)9-7-11-3-5-12(15)6-4-11/h3-6,13H,7-10,16H2,1-2H3/t13-/m0/s1. The van der Waals surface area contributed by atoms with Gasteiger partial charge in [-0.05, 0) is 42.5 Å². The zero-order valence-electron chi connectivity index (χ0n) is 11.4. The van der Waals surface area contributed by atoms with Crippen molar-refractivity contribution in [3.05, 3.63) is 34.3 Å². The highest BCUT2D eigenvalue weighted by atomic mass is 79.9. The van der Waals surface area contributed by atoms with E-state index in [0.717, 1.165) is 23.1 Å². The van der Waals surface area contributed by atoms with Crippen LogP contribution in [0.1, 0.15) is 12.0 Å². The summed E-state index contributed by atoms with van der Waals surface area (Å²) in [6.45, 7) is 0.702. The fraction of sp³-hybridized carbons (Fsp3) is 0.500. The molecule has 0 saturated carbocycles. The third-order valence-electron chi connectivity index (χ3n) is 2.98. The number of hydrogen-bond acceptors (Lipinski definition) is 3. The number of amides is 1. The number of likely N-dealkylation sites (N-methyl/N-ethyl adjacent to an activating group) is 1. The molecule has 0 aromatic heterocycles. The van der Waals surface area contributed by atoms with Crippen molar-refractivity contribution in [3.63, 3.8) is 0 Å². The number of carbonyl (C=O) groups is 1. The summed E-state index contributed by atoms with van der Waals surface area (Å²) in [5.74, 6) is 0.958. The lowest BCUT2D eigenvalue weighted by molar-refractivity contribution is -0.131. The number of rotatable bonds is 7. The van der Waals surface area contributed by atoms with Crippen LogP contribution in [-0.2, 0) is 11.2 Å². The second-order valence-electron chi connectivity index (χ2n) is 4.52. The van der Waals surface area contributed by atoms with Crippen LogP contribution in [0.4, 0.5) is 0 Å². The van der Waals surface area contributed by atoms with E-state index in [-0.39, 0.29) is 11.9 Å². The Hall–Kier alpha value is -0.520. The molecule has 0 radical (unpaired) electrons. The fourth-order valence-electron chi connectivity index (χ4n) is 1.71. The summed E-state index contributed by atoms with van der Waals surface area (Å²) in [5, 5.41) is 0. The quantitative estimate of drug-likeness (QED) is 0.826. The van der Waals surface area contributed by atoms with E-state index in [1.807, 2.05) is 25.4 Å². The maximum absolute atomic E-state index is 12.0. The first-order valence-corrected chi connectivity index (χ1v) is 8.47. The van der Waals surface area contributed by atoms with Gasteiger partial charge in [0, 0.05) is 18.1 Å². The summed E-state index contributed by atoms with van der Waals surface area (Å²) in [6, 6.07) is 7.79. The van der Waals surface area contributed by atoms with E-state index in [0.29, 0.717) is 6.54 Å². The molecule has 0 bridgehead atoms. The number of thioether (sulfide) groups is 1. The van der Waals surface area contributed by atoms with Crippen molar-refractivity contribution in [3.8, 4) is 0 Å². The van der Waals surface area contributed by atoms with Crippen LogP contribution in [0.5, 0.6) is 0 Å². The largest absolute Gasteiger partial charge is 0.344 e. The number of benzene rings is 1. The Morgan fingerprint density at radius 2 is 2.05 bits per heavy atom. The number of nitrogens with zero attached hydrogens (tertiary/aromatic N) is 1. The van der Waals surface area contributed by atoms with Crippen molar-refractivity contribution >= 4 is 33.6 Å². The molecule has 106 valence electrons. The van der Waals surface area contributed by atoms with Gasteiger partial charge < -0.3 is 10.6 Å². The highest BCUT2D eigenvalue weighted by Gasteiger charge is 2.17. The lowest BCUT2D eigenvalue weighted by Crippen LogP contribution is -2.42. The summed E-state index contributed by atoms with van der Waals surface area (Å²) in [5.41, 5.74) is 7.11. The first kappa shape index (κ1) is 16.5. The van der Waals surface area contributed by atoms with Gasteiger partial charge in [-0.1, -0.05) is 28.1 Å². The predicted molar refractivity (Wildman–Crippen MR) is 86.5 cm³/mol. The van der Waals surface area contributed by atoms with Gasteiger partial charge in [0.1, 0.15) is 0 Å². The van der Waals surface area contributed by atoms with Crippen LogP contribution < -0.4 is 5.73 Å². The van der Waals surface area contributed by atoms with Crippen LogP contribution in [0, 0.1) is 0 Å². The topological polar surface area (TPSA) is 46.3 Å². The molecule has 0 aliphatic carbocycles. The first-order chi connectivity index (χ1) is 9.04. The van der Waals surface area contributed by atoms with Crippen LogP contribution in [-0.4, -0.2) is 42.4 Å². The first-order valence-electron chi connectivity index (χ1n) is 6.28. The average molecular weight is 345 g/mol. The molecule has 1 amide bonds. The molecule has 0 aliphatic heterocycles. The highest BCUT2D eigenvalue weighted by molar-refractivity contribution is 9.10. The van der Waals surface area contributed by atoms with E-state index in [4.69, 9.17) is 5.73 Å². The summed E-state index contributed by atoms with van der Waals surface area (Å²) < 4.78 is 1.07. The van der Waals surface area contributed by atoms with E-state index in [2.05, 4.69) is 28.1 Å². The molecule has 1 aromatic carbocycles. The molecular weight excluding hydrogens is 324 g/mol. The van der Waals surface area contributed by atoms with Gasteiger partial charge in [-0.15, -0.1) is 0 Å². The van der Waals surface area contributed by atoms with Crippen LogP contribution in [0.3, 0.4) is 0 Å². The van der Waals surface area contributed by atoms with Gasteiger partial charge in [0.05, 0.1) is 6.04 Å². The van der Waals surface area contributed by atoms with Gasteiger partial charge >= 0.3 is 0 Å². The Kier molecular flexibility index (Phi) is 7.49. The zero-order chi connectivity index (χ0) is 14.3. The van der Waals surface area contributed by atoms with E-state index in [1.165, 1.54) is 5.56 Å². The molecular formula is C14H21BrN2OS. The number of halogens is 1. The van der Waals surface area contributed by atoms with Crippen molar-refractivity contribution in [2.75, 3.05) is 25.6 Å². The Morgan fingerprint density at radius 3 is 2.63 bits per heavy atom. The maximum Gasteiger partial charge on any atom is 0.239 e. The second-order valence-corrected chi connectivity index (χ2v) is 6.43. The summed E-state index contributed by atoms with van der Waals surface area (Å²) >= 11 is 5.12. The summed E-state index contributed by atoms with van der Waals surface area (Å²) in [7, 11) is 1.82. The highest BCUT2D eigenvalue weighted by Crippen LogP contribution is 2.11. The predicted octanol–water partition coefficient (Wildman–Crippen LogP) is 2.53. The Bertz CT molecular complexity index is 397. The lowest BCUT2D eigenvalue weighted by Gasteiger charge is -2.21. The molecule has 19 heavy (non-hydrogen) atoms. The molecule has 5 heteroatoms. The zero-order valence-corrected chi connectivity index (χ0v) is 13.8. The van der Waals surface area contributed by atoms with Crippen LogP contribution >= 0.6 is 27.7 Å². The third-order valence-corrected chi connectivity index (χ3v) is 4.15. The van der Waals surface area contributed by atoms with Gasteiger partial charge in [0.25, 0.3) is 0 Å². The van der Waals surface area contributed by atoms with Crippen LogP contribution in [0.15, 0.2) is 28.7 Å². The second kappa shape index (κ2) is 8.61. The molecule has 1 rings (SSSR count). The minimum Gasteiger partial charge on any atom is -0.344 e. The Morgan fingerprint density at radius 1 is 1.42 bits per heavy atom. The number of nitrogens with two attached hydrogens (primary N) is 1. The van der Waals surface area contributed by atoms with Crippen LogP contribution in [0.2, 0.25) is 0 Å². The van der Waals surface area contributed by atoms with Crippen molar-refractivity contribution in [1.82, 2.24) is 4.90 Å². The summed E-state index contributed by atoms with van der Waals surface area (Å²) in [4.78, 5) is 13.7. The molecule has 0 heterocycles. The van der Waals surface area contributed by atoms with Gasteiger partial charge in [-0.2, -0.15) is 11.8 Å². The minimum atomic E-state index is -0.373. The Labute approximate surface area is 128 Å². The van der Waals surface area contributed by atoms with Crippen molar-refractivity contribution in [1.29, 1.82) is 0 Å². The van der Waals surface area contributed by atoms with E-state index < -0.39 is 0 Å². The van der Waals surface area contributed by atoms with E-state index in [9.17, 15) is 4.79 Å². The number of carbonyl (C=O) groups excluding carboxylic acids is 1. The maximum atomic E-state index is 12.0. The molecule has 0 saturated heterocycles. The van der Waals surface area contributed by atoms with Gasteiger partial charge in [0.15, 0.2) is 0 Å².